The number of aromatic nitrogens is 1. The Hall–Kier alpha value is -2.17. The second-order valence-corrected chi connectivity index (χ2v) is 5.60. The van der Waals surface area contributed by atoms with Crippen molar-refractivity contribution in [2.24, 2.45) is 0 Å². The number of nitrogens with two attached hydrogens (primary N) is 1. The maximum atomic E-state index is 5.98. The number of hydrogen-bond acceptors (Lipinski definition) is 5. The summed E-state index contributed by atoms with van der Waals surface area (Å²) in [5.74, 6) is 2.86. The molecule has 5 heteroatoms. The van der Waals surface area contributed by atoms with E-state index in [1.54, 1.807) is 6.07 Å². The van der Waals surface area contributed by atoms with Crippen LogP contribution in [0.5, 0.6) is 11.5 Å². The van der Waals surface area contributed by atoms with E-state index in [-0.39, 0.29) is 12.2 Å². The Labute approximate surface area is 116 Å². The van der Waals surface area contributed by atoms with Gasteiger partial charge in [0.05, 0.1) is 5.56 Å². The minimum atomic E-state index is 0.170. The third kappa shape index (κ3) is 1.59. The zero-order chi connectivity index (χ0) is 13.9. The third-order valence-electron chi connectivity index (χ3n) is 3.84. The molecule has 1 aromatic carbocycles. The van der Waals surface area contributed by atoms with Crippen LogP contribution in [0.25, 0.3) is 11.3 Å². The first-order valence-electron chi connectivity index (χ1n) is 6.86. The monoisotopic (exact) mass is 272 g/mol. The van der Waals surface area contributed by atoms with Crippen LogP contribution >= 0.6 is 0 Å². The maximum absolute atomic E-state index is 5.98. The van der Waals surface area contributed by atoms with Crippen LogP contribution in [0.15, 0.2) is 16.7 Å². The van der Waals surface area contributed by atoms with E-state index in [1.165, 1.54) is 0 Å². The minimum absolute atomic E-state index is 0.170. The number of anilines is 1. The summed E-state index contributed by atoms with van der Waals surface area (Å²) < 4.78 is 17.2. The Kier molecular flexibility index (Phi) is 2.28. The third-order valence-corrected chi connectivity index (χ3v) is 3.84. The molecule has 2 atom stereocenters. The number of rotatable bonds is 1. The van der Waals surface area contributed by atoms with Crippen molar-refractivity contribution in [2.45, 2.75) is 38.9 Å². The molecule has 0 saturated carbocycles. The van der Waals surface area contributed by atoms with E-state index in [0.717, 1.165) is 41.0 Å². The molecule has 0 spiro atoms. The van der Waals surface area contributed by atoms with Gasteiger partial charge in [-0.25, -0.2) is 0 Å². The number of nitrogen functional groups attached to an aromatic ring is 1. The standard InChI is InChI=1S/C15H16N2O3/c1-7-3-9-5-11-10(4-8(2)18-11)14(15(9)19-7)12-6-13(16)17-20-12/h5-8H,3-4H2,1-2H3,(H2,16,17). The number of fused-ring (bicyclic) bond motifs is 2. The predicted molar refractivity (Wildman–Crippen MR) is 73.9 cm³/mol. The summed E-state index contributed by atoms with van der Waals surface area (Å²) in [5, 5.41) is 3.79. The van der Waals surface area contributed by atoms with Gasteiger partial charge in [-0.2, -0.15) is 0 Å². The summed E-state index contributed by atoms with van der Waals surface area (Å²) in [6, 6.07) is 3.84. The van der Waals surface area contributed by atoms with Gasteiger partial charge >= 0.3 is 0 Å². The second kappa shape index (κ2) is 3.91. The van der Waals surface area contributed by atoms with Crippen LogP contribution in [0, 0.1) is 0 Å². The van der Waals surface area contributed by atoms with Crippen LogP contribution in [0.1, 0.15) is 25.0 Å². The molecule has 0 bridgehead atoms. The number of nitrogens with zero attached hydrogens (tertiary/aromatic N) is 1. The van der Waals surface area contributed by atoms with Crippen LogP contribution in [0.2, 0.25) is 0 Å². The Morgan fingerprint density at radius 1 is 1.15 bits per heavy atom. The molecule has 2 unspecified atom stereocenters. The number of ether oxygens (including phenoxy) is 2. The van der Waals surface area contributed by atoms with Crippen LogP contribution < -0.4 is 15.2 Å². The molecule has 104 valence electrons. The Morgan fingerprint density at radius 2 is 1.95 bits per heavy atom. The molecule has 2 N–H and O–H groups in total. The molecule has 4 rings (SSSR count). The fourth-order valence-corrected chi connectivity index (χ4v) is 3.09. The van der Waals surface area contributed by atoms with Gasteiger partial charge in [-0.3, -0.25) is 0 Å². The maximum Gasteiger partial charge on any atom is 0.173 e. The highest BCUT2D eigenvalue weighted by molar-refractivity contribution is 5.77. The van der Waals surface area contributed by atoms with Gasteiger partial charge in [0.15, 0.2) is 11.6 Å². The quantitative estimate of drug-likeness (QED) is 0.864. The molecule has 3 heterocycles. The van der Waals surface area contributed by atoms with Gasteiger partial charge in [0, 0.05) is 30.0 Å². The highest BCUT2D eigenvalue weighted by atomic mass is 16.5. The van der Waals surface area contributed by atoms with E-state index in [9.17, 15) is 0 Å². The second-order valence-electron chi connectivity index (χ2n) is 5.60. The first-order valence-corrected chi connectivity index (χ1v) is 6.86. The zero-order valence-corrected chi connectivity index (χ0v) is 11.5. The van der Waals surface area contributed by atoms with Crippen molar-refractivity contribution in [1.29, 1.82) is 0 Å². The summed E-state index contributed by atoms with van der Waals surface area (Å²) in [6.07, 6.45) is 2.07. The van der Waals surface area contributed by atoms with Crippen molar-refractivity contribution >= 4 is 5.82 Å². The summed E-state index contributed by atoms with van der Waals surface area (Å²) in [5.41, 5.74) is 8.93. The van der Waals surface area contributed by atoms with Crippen LogP contribution in [0.3, 0.4) is 0 Å². The molecule has 0 saturated heterocycles. The fourth-order valence-electron chi connectivity index (χ4n) is 3.09. The molecule has 2 aliphatic rings. The van der Waals surface area contributed by atoms with Crippen molar-refractivity contribution in [2.75, 3.05) is 5.73 Å². The number of hydrogen-bond donors (Lipinski definition) is 1. The summed E-state index contributed by atoms with van der Waals surface area (Å²) >= 11 is 0. The van der Waals surface area contributed by atoms with E-state index < -0.39 is 0 Å². The first-order chi connectivity index (χ1) is 9.61. The lowest BCUT2D eigenvalue weighted by atomic mass is 9.96. The van der Waals surface area contributed by atoms with Crippen molar-refractivity contribution in [3.8, 4) is 22.8 Å². The first kappa shape index (κ1) is 11.6. The van der Waals surface area contributed by atoms with Crippen molar-refractivity contribution in [1.82, 2.24) is 5.16 Å². The largest absolute Gasteiger partial charge is 0.490 e. The van der Waals surface area contributed by atoms with Gasteiger partial charge in [0.25, 0.3) is 0 Å². The molecule has 1 aromatic heterocycles. The van der Waals surface area contributed by atoms with Crippen LogP contribution in [-0.2, 0) is 12.8 Å². The molecule has 20 heavy (non-hydrogen) atoms. The number of benzene rings is 1. The molecule has 0 amide bonds. The SMILES string of the molecule is CC1Cc2c(cc3c(c2-c2cc(N)no2)OC(C)C3)O1. The molecule has 0 radical (unpaired) electrons. The topological polar surface area (TPSA) is 70.5 Å². The average molecular weight is 272 g/mol. The van der Waals surface area contributed by atoms with E-state index in [2.05, 4.69) is 25.1 Å². The highest BCUT2D eigenvalue weighted by Gasteiger charge is 2.33. The van der Waals surface area contributed by atoms with Gasteiger partial charge in [-0.1, -0.05) is 5.16 Å². The fraction of sp³-hybridized carbons (Fsp3) is 0.400. The zero-order valence-electron chi connectivity index (χ0n) is 11.5. The normalized spacial score (nSPS) is 23.1. The summed E-state index contributed by atoms with van der Waals surface area (Å²) in [4.78, 5) is 0. The van der Waals surface area contributed by atoms with Crippen molar-refractivity contribution in [3.63, 3.8) is 0 Å². The van der Waals surface area contributed by atoms with Gasteiger partial charge < -0.3 is 19.7 Å². The van der Waals surface area contributed by atoms with E-state index in [1.807, 2.05) is 0 Å². The van der Waals surface area contributed by atoms with Gasteiger partial charge in [0.1, 0.15) is 23.7 Å². The lowest BCUT2D eigenvalue weighted by Gasteiger charge is -2.10. The smallest absolute Gasteiger partial charge is 0.173 e. The Bertz CT molecular complexity index is 656. The van der Waals surface area contributed by atoms with E-state index in [0.29, 0.717) is 11.6 Å². The lowest BCUT2D eigenvalue weighted by molar-refractivity contribution is 0.253. The molecular formula is C15H16N2O3. The summed E-state index contributed by atoms with van der Waals surface area (Å²) in [6.45, 7) is 4.13. The molecule has 0 fully saturated rings. The molecule has 2 aromatic rings. The lowest BCUT2D eigenvalue weighted by Crippen LogP contribution is -2.07. The minimum Gasteiger partial charge on any atom is -0.490 e. The predicted octanol–water partition coefficient (Wildman–Crippen LogP) is 2.57. The van der Waals surface area contributed by atoms with E-state index in [4.69, 9.17) is 19.7 Å². The molecule has 0 aliphatic carbocycles. The van der Waals surface area contributed by atoms with Crippen molar-refractivity contribution in [3.05, 3.63) is 23.3 Å². The summed E-state index contributed by atoms with van der Waals surface area (Å²) in [7, 11) is 0. The van der Waals surface area contributed by atoms with Crippen LogP contribution in [0.4, 0.5) is 5.82 Å². The Balaban J connectivity index is 1.96. The van der Waals surface area contributed by atoms with Gasteiger partial charge in [-0.05, 0) is 19.9 Å². The molecule has 2 aliphatic heterocycles. The molecular weight excluding hydrogens is 256 g/mol. The highest BCUT2D eigenvalue weighted by Crippen LogP contribution is 2.48. The van der Waals surface area contributed by atoms with Crippen molar-refractivity contribution < 1.29 is 14.0 Å². The average Bonchev–Trinajstić information content (AvgIpc) is 3.03. The van der Waals surface area contributed by atoms with Gasteiger partial charge in [-0.15, -0.1) is 0 Å². The Morgan fingerprint density at radius 3 is 2.70 bits per heavy atom. The van der Waals surface area contributed by atoms with E-state index >= 15 is 0 Å². The van der Waals surface area contributed by atoms with Crippen LogP contribution in [-0.4, -0.2) is 17.4 Å². The van der Waals surface area contributed by atoms with Gasteiger partial charge in [0.2, 0.25) is 0 Å². The molecule has 5 nitrogen and oxygen atoms in total.